The van der Waals surface area contributed by atoms with Crippen LogP contribution in [0.15, 0.2) is 30.3 Å². The molecule has 0 radical (unpaired) electrons. The number of aromatic amines is 1. The predicted octanol–water partition coefficient (Wildman–Crippen LogP) is 3.13. The molecule has 3 rings (SSSR count). The average Bonchev–Trinajstić information content (AvgIpc) is 2.97. The molecule has 1 aliphatic rings. The number of nitrogens with one attached hydrogen (secondary N) is 2. The summed E-state index contributed by atoms with van der Waals surface area (Å²) in [6.07, 6.45) is 1.97. The van der Waals surface area contributed by atoms with E-state index in [2.05, 4.69) is 61.8 Å². The van der Waals surface area contributed by atoms with Crippen LogP contribution in [0, 0.1) is 10.8 Å². The fourth-order valence-corrected chi connectivity index (χ4v) is 4.20. The molecule has 0 unspecified atom stereocenters. The van der Waals surface area contributed by atoms with E-state index in [9.17, 15) is 4.79 Å². The molecule has 0 saturated carbocycles. The van der Waals surface area contributed by atoms with Gasteiger partial charge in [-0.15, -0.1) is 0 Å². The molecule has 2 amide bonds. The zero-order valence-electron chi connectivity index (χ0n) is 15.3. The predicted molar refractivity (Wildman–Crippen MR) is 111 cm³/mol. The van der Waals surface area contributed by atoms with Gasteiger partial charge >= 0.3 is 6.03 Å². The van der Waals surface area contributed by atoms with Gasteiger partial charge in [0.05, 0.1) is 5.69 Å². The molecule has 0 aliphatic carbocycles. The smallest absolute Gasteiger partial charge is 0.317 e. The Morgan fingerprint density at radius 3 is 2.62 bits per heavy atom. The number of H-pyrrole nitrogens is 1. The van der Waals surface area contributed by atoms with Crippen LogP contribution in [-0.2, 0) is 13.1 Å². The summed E-state index contributed by atoms with van der Waals surface area (Å²) in [5, 5.41) is 2.80. The van der Waals surface area contributed by atoms with Crippen molar-refractivity contribution in [3.8, 4) is 0 Å². The highest BCUT2D eigenvalue weighted by molar-refractivity contribution is 14.1. The lowest BCUT2D eigenvalue weighted by atomic mass is 10.0. The van der Waals surface area contributed by atoms with Crippen LogP contribution in [-0.4, -0.2) is 52.0 Å². The van der Waals surface area contributed by atoms with Crippen molar-refractivity contribution < 1.29 is 4.79 Å². The molecule has 7 heteroatoms. The normalized spacial score (nSPS) is 15.8. The van der Waals surface area contributed by atoms with Gasteiger partial charge < -0.3 is 15.2 Å². The van der Waals surface area contributed by atoms with Crippen molar-refractivity contribution in [2.45, 2.75) is 38.9 Å². The fraction of sp³-hybridized carbons (Fsp3) is 0.474. The lowest BCUT2D eigenvalue weighted by Crippen LogP contribution is -2.49. The first-order valence-electron chi connectivity index (χ1n) is 9.02. The third-order valence-corrected chi connectivity index (χ3v) is 5.51. The number of hydrogen-bond acceptors (Lipinski definition) is 3. The number of nitrogens with zero attached hydrogens (tertiary/aromatic N) is 3. The van der Waals surface area contributed by atoms with Gasteiger partial charge in [0.15, 0.2) is 3.83 Å². The van der Waals surface area contributed by atoms with E-state index in [0.29, 0.717) is 6.54 Å². The van der Waals surface area contributed by atoms with Crippen molar-refractivity contribution in [2.24, 2.45) is 0 Å². The fourth-order valence-electron chi connectivity index (χ4n) is 3.50. The first-order chi connectivity index (χ1) is 12.6. The molecule has 1 aliphatic heterocycles. The minimum absolute atomic E-state index is 0.00463. The zero-order chi connectivity index (χ0) is 18.5. The Morgan fingerprint density at radius 2 is 2.04 bits per heavy atom. The number of piperidine rings is 1. The summed E-state index contributed by atoms with van der Waals surface area (Å²) >= 11 is 2.22. The summed E-state index contributed by atoms with van der Waals surface area (Å²) < 4.78 is 0.943. The molecule has 2 N–H and O–H groups in total. The summed E-state index contributed by atoms with van der Waals surface area (Å²) in [5.74, 6) is 0. The molecule has 0 spiro atoms. The Labute approximate surface area is 168 Å². The molecule has 0 bridgehead atoms. The van der Waals surface area contributed by atoms with Crippen LogP contribution < -0.4 is 5.32 Å². The van der Waals surface area contributed by atoms with Gasteiger partial charge in [-0.25, -0.2) is 9.78 Å². The van der Waals surface area contributed by atoms with Gasteiger partial charge in [-0.2, -0.15) is 0 Å². The number of aromatic nitrogens is 2. The molecule has 0 atom stereocenters. The maximum Gasteiger partial charge on any atom is 0.317 e. The largest absolute Gasteiger partial charge is 0.341 e. The molecule has 140 valence electrons. The Bertz CT molecular complexity index is 725. The first-order valence-corrected chi connectivity index (χ1v) is 10.1. The minimum atomic E-state index is 0.00463. The summed E-state index contributed by atoms with van der Waals surface area (Å²) in [4.78, 5) is 24.7. The van der Waals surface area contributed by atoms with Gasteiger partial charge in [0.1, 0.15) is 0 Å². The third-order valence-electron chi connectivity index (χ3n) is 5.00. The monoisotopic (exact) mass is 467 g/mol. The van der Waals surface area contributed by atoms with E-state index in [1.807, 2.05) is 23.1 Å². The second kappa shape index (κ2) is 8.85. The number of aryl methyl sites for hydroxylation is 1. The van der Waals surface area contributed by atoms with Gasteiger partial charge in [0.2, 0.25) is 0 Å². The number of likely N-dealkylation sites (tertiary alicyclic amines) is 1. The number of benzene rings is 1. The van der Waals surface area contributed by atoms with Crippen LogP contribution in [0.4, 0.5) is 4.79 Å². The number of imidazole rings is 1. The lowest BCUT2D eigenvalue weighted by molar-refractivity contribution is 0.113. The van der Waals surface area contributed by atoms with Gasteiger partial charge in [-0.05, 0) is 47.9 Å². The van der Waals surface area contributed by atoms with Crippen LogP contribution in [0.1, 0.15) is 29.8 Å². The second-order valence-corrected chi connectivity index (χ2v) is 7.80. The maximum absolute atomic E-state index is 12.4. The van der Waals surface area contributed by atoms with E-state index in [1.165, 1.54) is 5.56 Å². The highest BCUT2D eigenvalue weighted by atomic mass is 127. The van der Waals surface area contributed by atoms with Crippen molar-refractivity contribution in [1.82, 2.24) is 25.1 Å². The van der Waals surface area contributed by atoms with Gasteiger partial charge in [0, 0.05) is 45.0 Å². The van der Waals surface area contributed by atoms with E-state index < -0.39 is 0 Å². The van der Waals surface area contributed by atoms with Gasteiger partial charge in [-0.3, -0.25) is 4.90 Å². The lowest BCUT2D eigenvalue weighted by Gasteiger charge is -2.38. The van der Waals surface area contributed by atoms with E-state index in [-0.39, 0.29) is 12.1 Å². The van der Waals surface area contributed by atoms with Gasteiger partial charge in [0.25, 0.3) is 0 Å². The maximum atomic E-state index is 12.4. The Kier molecular flexibility index (Phi) is 6.53. The number of carbonyl (C=O) groups is 1. The Balaban J connectivity index is 1.60. The highest BCUT2D eigenvalue weighted by Crippen LogP contribution is 2.21. The number of amides is 2. The van der Waals surface area contributed by atoms with Gasteiger partial charge in [-0.1, -0.05) is 30.3 Å². The van der Waals surface area contributed by atoms with E-state index in [1.54, 1.807) is 7.05 Å². The molecule has 2 heterocycles. The average molecular weight is 467 g/mol. The molecule has 1 aromatic heterocycles. The van der Waals surface area contributed by atoms with Crippen molar-refractivity contribution in [3.05, 3.63) is 51.1 Å². The Hall–Kier alpha value is -1.61. The molecule has 1 saturated heterocycles. The quantitative estimate of drug-likeness (QED) is 0.665. The summed E-state index contributed by atoms with van der Waals surface area (Å²) in [7, 11) is 1.71. The van der Waals surface area contributed by atoms with Crippen LogP contribution in [0.5, 0.6) is 0 Å². The molecular formula is C19H26IN5O. The number of carbonyl (C=O) groups excluding carboxylic acids is 1. The Morgan fingerprint density at radius 1 is 1.35 bits per heavy atom. The molecule has 26 heavy (non-hydrogen) atoms. The summed E-state index contributed by atoms with van der Waals surface area (Å²) in [6, 6.07) is 10.5. The molecule has 1 fully saturated rings. The van der Waals surface area contributed by atoms with Crippen LogP contribution in [0.3, 0.4) is 0 Å². The van der Waals surface area contributed by atoms with Crippen LogP contribution in [0.25, 0.3) is 0 Å². The van der Waals surface area contributed by atoms with Crippen molar-refractivity contribution in [2.75, 3.05) is 20.1 Å². The number of halogens is 1. The first kappa shape index (κ1) is 19.2. The minimum Gasteiger partial charge on any atom is -0.341 e. The highest BCUT2D eigenvalue weighted by Gasteiger charge is 2.28. The van der Waals surface area contributed by atoms with Crippen molar-refractivity contribution in [3.63, 3.8) is 0 Å². The second-order valence-electron chi connectivity index (χ2n) is 6.78. The third kappa shape index (κ3) is 4.76. The van der Waals surface area contributed by atoms with E-state index in [0.717, 1.165) is 47.7 Å². The standard InChI is InChI=1S/C19H26IN5O/c1-14-17(23-18(20)22-14)13-24-10-8-16(9-11-24)25(19(26)21-2)12-15-6-4-3-5-7-15/h3-7,16H,8-13H2,1-2H3,(H,21,26)(H,22,23). The van der Waals surface area contributed by atoms with Crippen LogP contribution >= 0.6 is 22.6 Å². The van der Waals surface area contributed by atoms with Crippen molar-refractivity contribution >= 4 is 28.6 Å². The van der Waals surface area contributed by atoms with E-state index in [4.69, 9.17) is 0 Å². The summed E-state index contributed by atoms with van der Waals surface area (Å²) in [5.41, 5.74) is 3.44. The SMILES string of the molecule is CNC(=O)N(Cc1ccccc1)C1CCN(Cc2nc(I)[nH]c2C)CC1. The number of urea groups is 1. The molecule has 1 aromatic carbocycles. The molecular weight excluding hydrogens is 441 g/mol. The van der Waals surface area contributed by atoms with E-state index >= 15 is 0 Å². The zero-order valence-corrected chi connectivity index (χ0v) is 17.5. The van der Waals surface area contributed by atoms with Crippen molar-refractivity contribution in [1.29, 1.82) is 0 Å². The number of rotatable bonds is 5. The topological polar surface area (TPSA) is 64.3 Å². The summed E-state index contributed by atoms with van der Waals surface area (Å²) in [6.45, 7) is 5.56. The molecule has 2 aromatic rings. The molecule has 6 nitrogen and oxygen atoms in total. The van der Waals surface area contributed by atoms with Crippen LogP contribution in [0.2, 0.25) is 0 Å². The number of hydrogen-bond donors (Lipinski definition) is 2.